The first-order valence-electron chi connectivity index (χ1n) is 10.3. The van der Waals surface area contributed by atoms with Crippen LogP contribution in [0.25, 0.3) is 0 Å². The molecule has 0 spiro atoms. The van der Waals surface area contributed by atoms with E-state index in [0.29, 0.717) is 22.5 Å². The molecule has 10 heteroatoms. The number of methoxy groups -OCH3 is 1. The molecule has 176 valence electrons. The van der Waals surface area contributed by atoms with Crippen molar-refractivity contribution >= 4 is 40.1 Å². The SMILES string of the molecule is COC(=O)CCOc1ccc(CC(=O)Nc2ncc(SCc3ncc(C(C)(C)C)o3)s2)cc1. The van der Waals surface area contributed by atoms with Gasteiger partial charge in [-0.3, -0.25) is 9.59 Å². The van der Waals surface area contributed by atoms with Gasteiger partial charge in [0.25, 0.3) is 0 Å². The zero-order valence-electron chi connectivity index (χ0n) is 19.0. The number of thiazole rings is 1. The lowest BCUT2D eigenvalue weighted by atomic mass is 9.94. The second-order valence-corrected chi connectivity index (χ2v) is 10.5. The van der Waals surface area contributed by atoms with E-state index in [0.717, 1.165) is 15.5 Å². The molecule has 0 radical (unpaired) electrons. The van der Waals surface area contributed by atoms with E-state index in [-0.39, 0.29) is 36.7 Å². The van der Waals surface area contributed by atoms with E-state index < -0.39 is 0 Å². The summed E-state index contributed by atoms with van der Waals surface area (Å²) in [5.74, 6) is 2.28. The average molecular weight is 490 g/mol. The molecular formula is C23H27N3O5S2. The van der Waals surface area contributed by atoms with E-state index in [1.165, 1.54) is 18.4 Å². The number of amides is 1. The van der Waals surface area contributed by atoms with Crippen LogP contribution in [0.4, 0.5) is 5.13 Å². The Kier molecular flexibility index (Phi) is 8.51. The van der Waals surface area contributed by atoms with Gasteiger partial charge in [-0.1, -0.05) is 44.2 Å². The molecule has 0 fully saturated rings. The summed E-state index contributed by atoms with van der Waals surface area (Å²) >= 11 is 2.98. The van der Waals surface area contributed by atoms with Crippen LogP contribution in [-0.2, 0) is 31.9 Å². The van der Waals surface area contributed by atoms with Crippen molar-refractivity contribution < 1.29 is 23.5 Å². The van der Waals surface area contributed by atoms with Gasteiger partial charge in [0, 0.05) is 5.41 Å². The quantitative estimate of drug-likeness (QED) is 0.319. The van der Waals surface area contributed by atoms with Gasteiger partial charge in [0.05, 0.1) is 48.9 Å². The van der Waals surface area contributed by atoms with Crippen molar-refractivity contribution in [1.29, 1.82) is 0 Å². The van der Waals surface area contributed by atoms with Crippen molar-refractivity contribution in [2.75, 3.05) is 19.0 Å². The van der Waals surface area contributed by atoms with Crippen LogP contribution in [0.5, 0.6) is 5.75 Å². The first kappa shape index (κ1) is 24.8. The van der Waals surface area contributed by atoms with Crippen molar-refractivity contribution in [3.05, 3.63) is 53.9 Å². The van der Waals surface area contributed by atoms with Gasteiger partial charge < -0.3 is 19.2 Å². The number of ether oxygens (including phenoxy) is 2. The summed E-state index contributed by atoms with van der Waals surface area (Å²) in [5, 5.41) is 3.38. The highest BCUT2D eigenvalue weighted by Crippen LogP contribution is 2.31. The Labute approximate surface area is 201 Å². The monoisotopic (exact) mass is 489 g/mol. The number of aromatic nitrogens is 2. The van der Waals surface area contributed by atoms with Gasteiger partial charge in [0.1, 0.15) is 11.5 Å². The van der Waals surface area contributed by atoms with E-state index in [1.807, 2.05) is 12.1 Å². The zero-order valence-corrected chi connectivity index (χ0v) is 20.7. The molecule has 2 heterocycles. The fraction of sp³-hybridized carbons (Fsp3) is 0.391. The highest BCUT2D eigenvalue weighted by Gasteiger charge is 2.19. The highest BCUT2D eigenvalue weighted by atomic mass is 32.2. The second-order valence-electron chi connectivity index (χ2n) is 8.18. The predicted molar refractivity (Wildman–Crippen MR) is 128 cm³/mol. The van der Waals surface area contributed by atoms with Crippen LogP contribution < -0.4 is 10.1 Å². The minimum Gasteiger partial charge on any atom is -0.493 e. The predicted octanol–water partition coefficient (Wildman–Crippen LogP) is 4.84. The number of nitrogens with zero attached hydrogens (tertiary/aromatic N) is 2. The zero-order chi connectivity index (χ0) is 23.8. The van der Waals surface area contributed by atoms with Crippen molar-refractivity contribution in [2.24, 2.45) is 0 Å². The largest absolute Gasteiger partial charge is 0.493 e. The minimum absolute atomic E-state index is 0.0737. The standard InChI is InChI=1S/C23H27N3O5S2/c1-23(2,3)17-12-24-19(31-17)14-32-21-13-25-22(33-21)26-18(27)11-15-5-7-16(8-6-15)30-10-9-20(28)29-4/h5-8,12-13H,9-11,14H2,1-4H3,(H,25,26,27). The summed E-state index contributed by atoms with van der Waals surface area (Å²) in [5.41, 5.74) is 0.771. The summed E-state index contributed by atoms with van der Waals surface area (Å²) in [6.45, 7) is 6.49. The number of carbonyl (C=O) groups excluding carboxylic acids is 2. The first-order valence-corrected chi connectivity index (χ1v) is 12.2. The normalized spacial score (nSPS) is 11.3. The smallest absolute Gasteiger partial charge is 0.308 e. The number of hydrogen-bond donors (Lipinski definition) is 1. The molecule has 0 saturated carbocycles. The molecule has 0 saturated heterocycles. The van der Waals surface area contributed by atoms with Crippen LogP contribution in [-0.4, -0.2) is 35.6 Å². The maximum absolute atomic E-state index is 12.4. The second kappa shape index (κ2) is 11.3. The molecule has 1 amide bonds. The van der Waals surface area contributed by atoms with Gasteiger partial charge in [-0.05, 0) is 17.7 Å². The summed E-state index contributed by atoms with van der Waals surface area (Å²) in [7, 11) is 1.34. The van der Waals surface area contributed by atoms with Gasteiger partial charge in [-0.2, -0.15) is 0 Å². The molecule has 1 aromatic carbocycles. The van der Waals surface area contributed by atoms with E-state index in [9.17, 15) is 9.59 Å². The molecule has 2 aromatic heterocycles. The molecule has 0 aliphatic rings. The third-order valence-corrected chi connectivity index (χ3v) is 6.54. The van der Waals surface area contributed by atoms with Gasteiger partial charge in [-0.25, -0.2) is 9.97 Å². The Balaban J connectivity index is 1.43. The number of carbonyl (C=O) groups is 2. The summed E-state index contributed by atoms with van der Waals surface area (Å²) in [6, 6.07) is 7.17. The molecule has 8 nitrogen and oxygen atoms in total. The number of benzene rings is 1. The van der Waals surface area contributed by atoms with E-state index in [1.54, 1.807) is 36.3 Å². The highest BCUT2D eigenvalue weighted by molar-refractivity contribution is 8.00. The molecule has 33 heavy (non-hydrogen) atoms. The molecule has 0 atom stereocenters. The molecule has 3 aromatic rings. The molecule has 1 N–H and O–H groups in total. The molecule has 0 bridgehead atoms. The summed E-state index contributed by atoms with van der Waals surface area (Å²) in [4.78, 5) is 32.1. The third kappa shape index (κ3) is 7.90. The molecule has 0 aliphatic carbocycles. The van der Waals surface area contributed by atoms with Crippen LogP contribution in [0.1, 0.15) is 44.4 Å². The molecule has 0 aliphatic heterocycles. The van der Waals surface area contributed by atoms with Crippen molar-refractivity contribution in [3.63, 3.8) is 0 Å². The van der Waals surface area contributed by atoms with Crippen molar-refractivity contribution in [2.45, 2.75) is 49.0 Å². The van der Waals surface area contributed by atoms with Gasteiger partial charge >= 0.3 is 5.97 Å². The van der Waals surface area contributed by atoms with Gasteiger partial charge in [-0.15, -0.1) is 11.8 Å². The summed E-state index contributed by atoms with van der Waals surface area (Å²) in [6.07, 6.45) is 3.91. The van der Waals surface area contributed by atoms with Crippen LogP contribution >= 0.6 is 23.1 Å². The van der Waals surface area contributed by atoms with Crippen LogP contribution in [0.3, 0.4) is 0 Å². The molecule has 3 rings (SSSR count). The molecular weight excluding hydrogens is 462 g/mol. The lowest BCUT2D eigenvalue weighted by Gasteiger charge is -2.12. The lowest BCUT2D eigenvalue weighted by molar-refractivity contribution is -0.141. The number of anilines is 1. The number of rotatable bonds is 10. The minimum atomic E-state index is -0.320. The number of nitrogens with one attached hydrogen (secondary N) is 1. The Bertz CT molecular complexity index is 1070. The van der Waals surface area contributed by atoms with Crippen LogP contribution in [0.15, 0.2) is 45.3 Å². The number of thioether (sulfide) groups is 1. The van der Waals surface area contributed by atoms with Crippen LogP contribution in [0, 0.1) is 0 Å². The average Bonchev–Trinajstić information content (AvgIpc) is 3.42. The lowest BCUT2D eigenvalue weighted by Crippen LogP contribution is -2.14. The maximum Gasteiger partial charge on any atom is 0.308 e. The van der Waals surface area contributed by atoms with E-state index in [4.69, 9.17) is 9.15 Å². The number of esters is 1. The van der Waals surface area contributed by atoms with E-state index >= 15 is 0 Å². The fourth-order valence-electron chi connectivity index (χ4n) is 2.65. The Morgan fingerprint density at radius 3 is 2.58 bits per heavy atom. The summed E-state index contributed by atoms with van der Waals surface area (Å²) < 4.78 is 16.8. The Morgan fingerprint density at radius 1 is 1.15 bits per heavy atom. The van der Waals surface area contributed by atoms with E-state index in [2.05, 4.69) is 40.8 Å². The molecule has 0 unspecified atom stereocenters. The number of oxazole rings is 1. The van der Waals surface area contributed by atoms with Crippen LogP contribution in [0.2, 0.25) is 0 Å². The maximum atomic E-state index is 12.4. The first-order chi connectivity index (χ1) is 15.7. The van der Waals surface area contributed by atoms with Crippen molar-refractivity contribution in [1.82, 2.24) is 9.97 Å². The Hall–Kier alpha value is -2.85. The van der Waals surface area contributed by atoms with Gasteiger partial charge in [0.15, 0.2) is 5.13 Å². The third-order valence-electron chi connectivity index (χ3n) is 4.45. The van der Waals surface area contributed by atoms with Gasteiger partial charge in [0.2, 0.25) is 11.8 Å². The van der Waals surface area contributed by atoms with Crippen molar-refractivity contribution in [3.8, 4) is 5.75 Å². The fourth-order valence-corrected chi connectivity index (χ4v) is 4.39. The Morgan fingerprint density at radius 2 is 1.91 bits per heavy atom. The number of hydrogen-bond acceptors (Lipinski definition) is 9. The topological polar surface area (TPSA) is 104 Å².